The molecule has 3 heterocycles. The first-order valence-corrected chi connectivity index (χ1v) is 14.1. The van der Waals surface area contributed by atoms with E-state index < -0.39 is 0 Å². The second-order valence-corrected chi connectivity index (χ2v) is 11.8. The van der Waals surface area contributed by atoms with Gasteiger partial charge in [-0.3, -0.25) is 9.55 Å². The smallest absolute Gasteiger partial charge is 0.137 e. The summed E-state index contributed by atoms with van der Waals surface area (Å²) in [5.74, 6) is 1.47. The predicted octanol–water partition coefficient (Wildman–Crippen LogP) is 9.87. The lowest BCUT2D eigenvalue weighted by Gasteiger charge is -2.41. The molecule has 3 heteroatoms. The van der Waals surface area contributed by atoms with Crippen LogP contribution in [0, 0.1) is 10.8 Å². The van der Waals surface area contributed by atoms with Gasteiger partial charge >= 0.3 is 0 Å². The van der Waals surface area contributed by atoms with Crippen LogP contribution in [-0.4, -0.2) is 14.5 Å². The van der Waals surface area contributed by atoms with E-state index in [0.29, 0.717) is 11.3 Å². The fraction of sp³-hybridized carbons (Fsp3) is 0.515. The molecule has 0 bridgehead atoms. The molecule has 2 atom stereocenters. The van der Waals surface area contributed by atoms with Gasteiger partial charge in [-0.25, -0.2) is 4.98 Å². The van der Waals surface area contributed by atoms with Gasteiger partial charge in [-0.15, -0.1) is 0 Å². The third-order valence-corrected chi connectivity index (χ3v) is 8.64. The van der Waals surface area contributed by atoms with Gasteiger partial charge in [-0.05, 0) is 71.9 Å². The van der Waals surface area contributed by atoms with Gasteiger partial charge in [0, 0.05) is 29.4 Å². The zero-order valence-corrected chi connectivity index (χ0v) is 23.3. The SMILES string of the molecule is CCCCCC(C)(C)C(CC(C)(CC)CCC)c1ccc2c(c1)c1cnccc1n2-c1ccccn1. The largest absolute Gasteiger partial charge is 0.294 e. The van der Waals surface area contributed by atoms with E-state index in [9.17, 15) is 0 Å². The molecule has 3 aromatic heterocycles. The van der Waals surface area contributed by atoms with Crippen molar-refractivity contribution in [3.63, 3.8) is 0 Å². The maximum atomic E-state index is 4.68. The van der Waals surface area contributed by atoms with Gasteiger partial charge in [0.1, 0.15) is 5.82 Å². The molecular weight excluding hydrogens is 438 g/mol. The van der Waals surface area contributed by atoms with E-state index in [0.717, 1.165) is 5.82 Å². The van der Waals surface area contributed by atoms with E-state index in [-0.39, 0.29) is 5.41 Å². The van der Waals surface area contributed by atoms with E-state index in [1.807, 2.05) is 24.7 Å². The van der Waals surface area contributed by atoms with Crippen LogP contribution in [0.5, 0.6) is 0 Å². The van der Waals surface area contributed by atoms with E-state index in [1.54, 1.807) is 0 Å². The molecule has 0 aliphatic carbocycles. The number of nitrogens with zero attached hydrogens (tertiary/aromatic N) is 3. The van der Waals surface area contributed by atoms with Crippen LogP contribution in [0.2, 0.25) is 0 Å². The Hall–Kier alpha value is -2.68. The minimum absolute atomic E-state index is 0.241. The molecule has 0 aliphatic rings. The van der Waals surface area contributed by atoms with E-state index in [2.05, 4.69) is 92.5 Å². The number of hydrogen-bond donors (Lipinski definition) is 0. The Balaban J connectivity index is 1.86. The van der Waals surface area contributed by atoms with Crippen LogP contribution >= 0.6 is 0 Å². The number of pyridine rings is 2. The third-order valence-electron chi connectivity index (χ3n) is 8.64. The Bertz CT molecular complexity index is 1270. The molecule has 4 aromatic rings. The fourth-order valence-corrected chi connectivity index (χ4v) is 6.20. The highest BCUT2D eigenvalue weighted by Crippen LogP contribution is 2.49. The number of aromatic nitrogens is 3. The van der Waals surface area contributed by atoms with Crippen LogP contribution in [0.25, 0.3) is 27.6 Å². The first-order chi connectivity index (χ1) is 17.3. The van der Waals surface area contributed by atoms with Crippen molar-refractivity contribution in [2.75, 3.05) is 0 Å². The van der Waals surface area contributed by atoms with Gasteiger partial charge in [0.15, 0.2) is 0 Å². The van der Waals surface area contributed by atoms with Gasteiger partial charge in [-0.2, -0.15) is 0 Å². The fourth-order valence-electron chi connectivity index (χ4n) is 6.20. The van der Waals surface area contributed by atoms with Crippen LogP contribution in [-0.2, 0) is 0 Å². The molecule has 0 amide bonds. The van der Waals surface area contributed by atoms with Crippen molar-refractivity contribution in [1.82, 2.24) is 14.5 Å². The van der Waals surface area contributed by atoms with Crippen molar-refractivity contribution in [3.05, 3.63) is 66.6 Å². The van der Waals surface area contributed by atoms with Crippen LogP contribution in [0.3, 0.4) is 0 Å². The maximum absolute atomic E-state index is 4.68. The normalized spacial score (nSPS) is 14.8. The summed E-state index contributed by atoms with van der Waals surface area (Å²) in [6.45, 7) is 14.6. The van der Waals surface area contributed by atoms with Gasteiger partial charge in [-0.1, -0.05) is 85.8 Å². The second-order valence-electron chi connectivity index (χ2n) is 11.8. The number of hydrogen-bond acceptors (Lipinski definition) is 2. The lowest BCUT2D eigenvalue weighted by Crippen LogP contribution is -2.29. The molecule has 0 N–H and O–H groups in total. The molecule has 0 aliphatic heterocycles. The Morgan fingerprint density at radius 1 is 0.833 bits per heavy atom. The van der Waals surface area contributed by atoms with Gasteiger partial charge < -0.3 is 0 Å². The minimum atomic E-state index is 0.241. The molecule has 0 saturated carbocycles. The Morgan fingerprint density at radius 3 is 2.33 bits per heavy atom. The summed E-state index contributed by atoms with van der Waals surface area (Å²) in [5.41, 5.74) is 4.45. The summed E-state index contributed by atoms with van der Waals surface area (Å²) in [6.07, 6.45) is 15.9. The van der Waals surface area contributed by atoms with Crippen LogP contribution < -0.4 is 0 Å². The topological polar surface area (TPSA) is 30.7 Å². The van der Waals surface area contributed by atoms with Crippen molar-refractivity contribution >= 4 is 21.8 Å². The van der Waals surface area contributed by atoms with E-state index in [1.165, 1.54) is 78.7 Å². The second kappa shape index (κ2) is 11.2. The lowest BCUT2D eigenvalue weighted by molar-refractivity contribution is 0.156. The van der Waals surface area contributed by atoms with Crippen LogP contribution in [0.15, 0.2) is 61.1 Å². The highest BCUT2D eigenvalue weighted by atomic mass is 15.1. The average Bonchev–Trinajstić information content (AvgIpc) is 3.22. The van der Waals surface area contributed by atoms with Crippen molar-refractivity contribution in [1.29, 1.82) is 0 Å². The Morgan fingerprint density at radius 2 is 1.64 bits per heavy atom. The molecule has 0 fully saturated rings. The molecule has 0 saturated heterocycles. The van der Waals surface area contributed by atoms with Crippen LogP contribution in [0.1, 0.15) is 104 Å². The molecule has 1 aromatic carbocycles. The number of benzene rings is 1. The van der Waals surface area contributed by atoms with Crippen LogP contribution in [0.4, 0.5) is 0 Å². The summed E-state index contributed by atoms with van der Waals surface area (Å²) in [4.78, 5) is 9.19. The molecule has 0 spiro atoms. The zero-order chi connectivity index (χ0) is 25.8. The quantitative estimate of drug-likeness (QED) is 0.188. The monoisotopic (exact) mass is 483 g/mol. The van der Waals surface area contributed by atoms with E-state index in [4.69, 9.17) is 0 Å². The van der Waals surface area contributed by atoms with Crippen molar-refractivity contribution < 1.29 is 0 Å². The third kappa shape index (κ3) is 5.36. The number of unbranched alkanes of at least 4 members (excludes halogenated alkanes) is 2. The molecular formula is C33H45N3. The van der Waals surface area contributed by atoms with Crippen molar-refractivity contribution in [3.8, 4) is 5.82 Å². The van der Waals surface area contributed by atoms with Crippen molar-refractivity contribution in [2.24, 2.45) is 10.8 Å². The molecule has 192 valence electrons. The van der Waals surface area contributed by atoms with E-state index >= 15 is 0 Å². The Labute approximate surface area is 218 Å². The highest BCUT2D eigenvalue weighted by molar-refractivity contribution is 6.09. The molecule has 3 nitrogen and oxygen atoms in total. The Kier molecular flexibility index (Phi) is 8.17. The molecule has 0 radical (unpaired) electrons. The minimum Gasteiger partial charge on any atom is -0.294 e. The maximum Gasteiger partial charge on any atom is 0.137 e. The summed E-state index contributed by atoms with van der Waals surface area (Å²) in [7, 11) is 0. The number of fused-ring (bicyclic) bond motifs is 3. The van der Waals surface area contributed by atoms with Gasteiger partial charge in [0.2, 0.25) is 0 Å². The lowest BCUT2D eigenvalue weighted by atomic mass is 9.63. The summed E-state index contributed by atoms with van der Waals surface area (Å²) in [5, 5.41) is 2.48. The van der Waals surface area contributed by atoms with Gasteiger partial charge in [0.05, 0.1) is 11.0 Å². The predicted molar refractivity (Wildman–Crippen MR) is 155 cm³/mol. The standard InChI is InChI=1S/C33H45N3/c1-7-10-12-19-32(4,5)28(23-33(6,9-3)18-8-2)25-15-16-29-26(22-25)27-24-34-21-17-30(27)36(29)31-14-11-13-20-35-31/h11,13-17,20-22,24,28H,7-10,12,18-19,23H2,1-6H3. The summed E-state index contributed by atoms with van der Waals surface area (Å²) >= 11 is 0. The zero-order valence-electron chi connectivity index (χ0n) is 23.3. The first kappa shape index (κ1) is 26.4. The summed E-state index contributed by atoms with van der Waals surface area (Å²) in [6, 6.07) is 15.5. The summed E-state index contributed by atoms with van der Waals surface area (Å²) < 4.78 is 2.28. The molecule has 36 heavy (non-hydrogen) atoms. The molecule has 2 unspecified atom stereocenters. The highest BCUT2D eigenvalue weighted by Gasteiger charge is 2.36. The number of rotatable bonds is 12. The van der Waals surface area contributed by atoms with Gasteiger partial charge in [0.25, 0.3) is 0 Å². The average molecular weight is 484 g/mol. The first-order valence-electron chi connectivity index (χ1n) is 14.1. The molecule has 4 rings (SSSR count). The van der Waals surface area contributed by atoms with Crippen molar-refractivity contribution in [2.45, 2.75) is 98.8 Å².